The maximum absolute atomic E-state index is 13.7. The molecule has 0 aliphatic carbocycles. The van der Waals surface area contributed by atoms with Crippen LogP contribution in [0.1, 0.15) is 30.7 Å². The molecule has 0 bridgehead atoms. The van der Waals surface area contributed by atoms with Crippen LogP contribution in [0, 0.1) is 12.7 Å². The van der Waals surface area contributed by atoms with E-state index in [1.54, 1.807) is 25.1 Å². The van der Waals surface area contributed by atoms with Gasteiger partial charge < -0.3 is 19.9 Å². The van der Waals surface area contributed by atoms with Crippen LogP contribution in [0.25, 0.3) is 0 Å². The Morgan fingerprint density at radius 1 is 1.43 bits per heavy atom. The van der Waals surface area contributed by atoms with E-state index >= 15 is 0 Å². The minimum atomic E-state index is -0.405. The maximum atomic E-state index is 13.7. The van der Waals surface area contributed by atoms with Crippen LogP contribution in [0.4, 0.5) is 10.2 Å². The topological polar surface area (TPSA) is 76.4 Å². The second-order valence-electron chi connectivity index (χ2n) is 5.19. The third-order valence-corrected chi connectivity index (χ3v) is 3.37. The number of methoxy groups -OCH3 is 1. The largest absolute Gasteiger partial charge is 0.494 e. The highest BCUT2D eigenvalue weighted by Crippen LogP contribution is 2.21. The molecule has 7 heteroatoms. The molecule has 0 saturated carbocycles. The Labute approximate surface area is 134 Å². The lowest BCUT2D eigenvalue weighted by atomic mass is 10.1. The number of carbonyl (C=O) groups excluding carboxylic acids is 1. The molecule has 1 aromatic carbocycles. The average molecular weight is 321 g/mol. The van der Waals surface area contributed by atoms with E-state index < -0.39 is 5.82 Å². The summed E-state index contributed by atoms with van der Waals surface area (Å²) in [5.41, 5.74) is 0.788. The zero-order valence-corrected chi connectivity index (χ0v) is 13.4. The fourth-order valence-corrected chi connectivity index (χ4v) is 2.10. The number of nitrogens with zero attached hydrogens (tertiary/aromatic N) is 1. The molecule has 2 N–H and O–H groups in total. The first-order valence-corrected chi connectivity index (χ1v) is 7.29. The van der Waals surface area contributed by atoms with Gasteiger partial charge in [0.2, 0.25) is 5.91 Å². The van der Waals surface area contributed by atoms with Crippen LogP contribution in [0.2, 0.25) is 0 Å². The fourth-order valence-electron chi connectivity index (χ4n) is 2.10. The van der Waals surface area contributed by atoms with Crippen molar-refractivity contribution < 1.29 is 18.4 Å². The number of carbonyl (C=O) groups is 1. The maximum Gasteiger partial charge on any atom is 0.226 e. The van der Waals surface area contributed by atoms with Gasteiger partial charge in [-0.3, -0.25) is 4.79 Å². The summed E-state index contributed by atoms with van der Waals surface area (Å²) < 4.78 is 23.4. The first-order valence-electron chi connectivity index (χ1n) is 7.29. The van der Waals surface area contributed by atoms with Gasteiger partial charge in [0.05, 0.1) is 7.11 Å². The first kappa shape index (κ1) is 17.0. The van der Waals surface area contributed by atoms with E-state index in [0.717, 1.165) is 5.56 Å². The number of anilines is 1. The smallest absolute Gasteiger partial charge is 0.226 e. The molecule has 1 aromatic heterocycles. The molecule has 1 atom stereocenters. The Balaban J connectivity index is 1.79. The van der Waals surface area contributed by atoms with Crippen molar-refractivity contribution in [2.24, 2.45) is 0 Å². The third-order valence-electron chi connectivity index (χ3n) is 3.37. The van der Waals surface area contributed by atoms with Crippen molar-refractivity contribution >= 4 is 11.7 Å². The molecule has 2 aromatic rings. The van der Waals surface area contributed by atoms with Crippen molar-refractivity contribution in [1.82, 2.24) is 10.5 Å². The highest BCUT2D eigenvalue weighted by atomic mass is 19.1. The van der Waals surface area contributed by atoms with Crippen LogP contribution in [0.5, 0.6) is 5.75 Å². The minimum Gasteiger partial charge on any atom is -0.494 e. The number of halogens is 1. The van der Waals surface area contributed by atoms with E-state index in [4.69, 9.17) is 9.26 Å². The van der Waals surface area contributed by atoms with Gasteiger partial charge in [-0.2, -0.15) is 0 Å². The van der Waals surface area contributed by atoms with Crippen LogP contribution >= 0.6 is 0 Å². The van der Waals surface area contributed by atoms with Crippen LogP contribution in [-0.2, 0) is 4.79 Å². The summed E-state index contributed by atoms with van der Waals surface area (Å²) in [6.07, 6.45) is 0.273. The number of nitrogens with one attached hydrogen (secondary N) is 2. The summed E-state index contributed by atoms with van der Waals surface area (Å²) in [6, 6.07) is 6.36. The highest BCUT2D eigenvalue weighted by molar-refractivity contribution is 5.89. The lowest BCUT2D eigenvalue weighted by Crippen LogP contribution is -2.24. The van der Waals surface area contributed by atoms with Crippen molar-refractivity contribution in [2.75, 3.05) is 19.0 Å². The molecule has 0 fully saturated rings. The average Bonchev–Trinajstić information content (AvgIpc) is 2.92. The molecular formula is C16H20FN3O3. The number of benzene rings is 1. The number of aromatic nitrogens is 1. The van der Waals surface area contributed by atoms with E-state index in [9.17, 15) is 9.18 Å². The van der Waals surface area contributed by atoms with Gasteiger partial charge >= 0.3 is 0 Å². The Kier molecular flexibility index (Phi) is 5.70. The lowest BCUT2D eigenvalue weighted by Gasteiger charge is -2.15. The van der Waals surface area contributed by atoms with Crippen LogP contribution in [-0.4, -0.2) is 24.7 Å². The third kappa shape index (κ3) is 4.79. The summed E-state index contributed by atoms with van der Waals surface area (Å²) >= 11 is 0. The second kappa shape index (κ2) is 7.73. The standard InChI is InChI=1S/C16H20FN3O3/c1-10-8-15(20-23-10)19-16(21)6-7-18-11(2)12-4-5-14(22-3)13(17)9-12/h4-5,8-9,11,18H,6-7H2,1-3H3,(H,19,20,21). The van der Waals surface area contributed by atoms with E-state index in [1.807, 2.05) is 6.92 Å². The molecule has 1 unspecified atom stereocenters. The predicted octanol–water partition coefficient (Wildman–Crippen LogP) is 2.81. The van der Waals surface area contributed by atoms with E-state index in [-0.39, 0.29) is 24.1 Å². The summed E-state index contributed by atoms with van der Waals surface area (Å²) in [4.78, 5) is 11.8. The quantitative estimate of drug-likeness (QED) is 0.820. The SMILES string of the molecule is COc1ccc(C(C)NCCC(=O)Nc2cc(C)on2)cc1F. The molecular weight excluding hydrogens is 301 g/mol. The molecule has 1 amide bonds. The monoisotopic (exact) mass is 321 g/mol. The van der Waals surface area contributed by atoms with Gasteiger partial charge in [-0.05, 0) is 31.5 Å². The van der Waals surface area contributed by atoms with E-state index in [0.29, 0.717) is 18.1 Å². The van der Waals surface area contributed by atoms with Gasteiger partial charge in [0.1, 0.15) is 5.76 Å². The molecule has 6 nitrogen and oxygen atoms in total. The predicted molar refractivity (Wildman–Crippen MR) is 83.9 cm³/mol. The molecule has 2 rings (SSSR count). The molecule has 0 spiro atoms. The van der Waals surface area contributed by atoms with Crippen LogP contribution in [0.15, 0.2) is 28.8 Å². The zero-order valence-electron chi connectivity index (χ0n) is 13.4. The van der Waals surface area contributed by atoms with Crippen LogP contribution < -0.4 is 15.4 Å². The van der Waals surface area contributed by atoms with E-state index in [1.165, 1.54) is 13.2 Å². The Bertz CT molecular complexity index is 672. The van der Waals surface area contributed by atoms with Crippen molar-refractivity contribution in [1.29, 1.82) is 0 Å². The second-order valence-corrected chi connectivity index (χ2v) is 5.19. The van der Waals surface area contributed by atoms with Gasteiger partial charge in [-0.1, -0.05) is 11.2 Å². The number of ether oxygens (including phenoxy) is 1. The van der Waals surface area contributed by atoms with Crippen molar-refractivity contribution in [3.8, 4) is 5.75 Å². The number of hydrogen-bond donors (Lipinski definition) is 2. The molecule has 0 saturated heterocycles. The number of aryl methyl sites for hydroxylation is 1. The normalized spacial score (nSPS) is 12.0. The minimum absolute atomic E-state index is 0.0856. The molecule has 124 valence electrons. The zero-order chi connectivity index (χ0) is 16.8. The Hall–Kier alpha value is -2.41. The van der Waals surface area contributed by atoms with Gasteiger partial charge in [0, 0.05) is 25.1 Å². The summed E-state index contributed by atoms with van der Waals surface area (Å²) in [5.74, 6) is 0.672. The van der Waals surface area contributed by atoms with E-state index in [2.05, 4.69) is 15.8 Å². The fraction of sp³-hybridized carbons (Fsp3) is 0.375. The lowest BCUT2D eigenvalue weighted by molar-refractivity contribution is -0.116. The summed E-state index contributed by atoms with van der Waals surface area (Å²) in [6.45, 7) is 4.11. The molecule has 0 aliphatic heterocycles. The van der Waals surface area contributed by atoms with Crippen molar-refractivity contribution in [3.05, 3.63) is 41.4 Å². The van der Waals surface area contributed by atoms with Gasteiger partial charge in [-0.15, -0.1) is 0 Å². The summed E-state index contributed by atoms with van der Waals surface area (Å²) in [7, 11) is 1.43. The number of amides is 1. The molecule has 0 radical (unpaired) electrons. The Morgan fingerprint density at radius 2 is 2.22 bits per heavy atom. The molecule has 0 aliphatic rings. The van der Waals surface area contributed by atoms with Crippen molar-refractivity contribution in [3.63, 3.8) is 0 Å². The Morgan fingerprint density at radius 3 is 2.83 bits per heavy atom. The molecule has 1 heterocycles. The first-order chi connectivity index (χ1) is 11.0. The van der Waals surface area contributed by atoms with Gasteiger partial charge in [-0.25, -0.2) is 4.39 Å². The van der Waals surface area contributed by atoms with Crippen LogP contribution in [0.3, 0.4) is 0 Å². The van der Waals surface area contributed by atoms with Crippen molar-refractivity contribution in [2.45, 2.75) is 26.3 Å². The number of hydrogen-bond acceptors (Lipinski definition) is 5. The molecule has 23 heavy (non-hydrogen) atoms. The van der Waals surface area contributed by atoms with Gasteiger partial charge in [0.25, 0.3) is 0 Å². The highest BCUT2D eigenvalue weighted by Gasteiger charge is 2.11. The number of rotatable bonds is 7. The summed E-state index contributed by atoms with van der Waals surface area (Å²) in [5, 5.41) is 9.51. The van der Waals surface area contributed by atoms with Gasteiger partial charge in [0.15, 0.2) is 17.4 Å².